The van der Waals surface area contributed by atoms with Crippen LogP contribution in [-0.4, -0.2) is 35.0 Å². The maximum atomic E-state index is 11.3. The van der Waals surface area contributed by atoms with E-state index in [0.29, 0.717) is 6.42 Å². The van der Waals surface area contributed by atoms with Crippen molar-refractivity contribution in [2.75, 3.05) is 0 Å². The Balaban J connectivity index is 0. The summed E-state index contributed by atoms with van der Waals surface area (Å²) in [7, 11) is 0. The van der Waals surface area contributed by atoms with Gasteiger partial charge in [-0.05, 0) is 11.8 Å². The fourth-order valence-electron chi connectivity index (χ4n) is 2.27. The van der Waals surface area contributed by atoms with Crippen LogP contribution in [-0.2, 0) is 9.59 Å². The van der Waals surface area contributed by atoms with Gasteiger partial charge in [0.05, 0.1) is 17.4 Å². The number of carboxylic acid groups (broad SMARTS) is 2. The number of unbranched alkanes of at least 4 members (excludes halogenated alkanes) is 4. The first kappa shape index (κ1) is 21.0. The molecule has 0 aliphatic carbocycles. The number of aliphatic carboxylic acids is 2. The average Bonchev–Trinajstić information content (AvgIpc) is 2.20. The summed E-state index contributed by atoms with van der Waals surface area (Å²) in [6, 6.07) is 0. The summed E-state index contributed by atoms with van der Waals surface area (Å²) in [4.78, 5) is 22.6. The van der Waals surface area contributed by atoms with Gasteiger partial charge in [0, 0.05) is 0 Å². The Morgan fingerprint density at radius 2 is 1.32 bits per heavy atom. The molecule has 0 aliphatic heterocycles. The van der Waals surface area contributed by atoms with Gasteiger partial charge in [-0.1, -0.05) is 59.8 Å². The molecule has 0 spiro atoms. The van der Waals surface area contributed by atoms with Crippen molar-refractivity contribution in [1.29, 1.82) is 0 Å². The van der Waals surface area contributed by atoms with Gasteiger partial charge >= 0.3 is 23.1 Å². The molecule has 0 aromatic rings. The summed E-state index contributed by atoms with van der Waals surface area (Å²) in [5.74, 6) is -3.07. The Hall–Kier alpha value is -0.294. The molecule has 4 nitrogen and oxygen atoms in total. The molecule has 0 aliphatic rings. The van der Waals surface area contributed by atoms with E-state index in [-0.39, 0.29) is 29.5 Å². The van der Waals surface area contributed by atoms with E-state index in [0.717, 1.165) is 25.7 Å². The Bertz CT molecular complexity index is 280. The summed E-state index contributed by atoms with van der Waals surface area (Å²) in [6.07, 6.45) is 4.65. The standard InChI is InChI=1S/C14H26O4.Mg/c1-5-6-7-8-9-10-14(11(15)16,12(17)18)13(2,3)4;/h5-10H2,1-4H3,(H,15,16)(H,17,18);/q;+2/p-2. The van der Waals surface area contributed by atoms with E-state index in [1.165, 1.54) is 0 Å². The van der Waals surface area contributed by atoms with Crippen molar-refractivity contribution >= 4 is 35.0 Å². The van der Waals surface area contributed by atoms with Gasteiger partial charge in [0.2, 0.25) is 0 Å². The molecule has 0 atom stereocenters. The van der Waals surface area contributed by atoms with Crippen molar-refractivity contribution in [3.05, 3.63) is 0 Å². The van der Waals surface area contributed by atoms with Crippen LogP contribution in [0.3, 0.4) is 0 Å². The molecule has 0 aromatic heterocycles. The van der Waals surface area contributed by atoms with Crippen LogP contribution in [0.1, 0.15) is 66.2 Å². The topological polar surface area (TPSA) is 80.3 Å². The molecule has 0 bridgehead atoms. The normalized spacial score (nSPS) is 11.8. The van der Waals surface area contributed by atoms with E-state index in [4.69, 9.17) is 0 Å². The zero-order valence-electron chi connectivity index (χ0n) is 12.6. The Labute approximate surface area is 132 Å². The first-order valence-corrected chi connectivity index (χ1v) is 6.63. The van der Waals surface area contributed by atoms with Gasteiger partial charge in [0.1, 0.15) is 0 Å². The van der Waals surface area contributed by atoms with E-state index >= 15 is 0 Å². The molecular weight excluding hydrogens is 256 g/mol. The second-order valence-corrected chi connectivity index (χ2v) is 5.89. The molecule has 0 saturated carbocycles. The number of carboxylic acids is 2. The van der Waals surface area contributed by atoms with E-state index in [9.17, 15) is 19.8 Å². The van der Waals surface area contributed by atoms with Crippen LogP contribution in [0, 0.1) is 10.8 Å². The molecule has 0 aromatic carbocycles. The summed E-state index contributed by atoms with van der Waals surface area (Å²) >= 11 is 0. The van der Waals surface area contributed by atoms with Crippen LogP contribution in [0.15, 0.2) is 0 Å². The summed E-state index contributed by atoms with van der Waals surface area (Å²) < 4.78 is 0. The van der Waals surface area contributed by atoms with Crippen molar-refractivity contribution in [2.24, 2.45) is 10.8 Å². The first-order chi connectivity index (χ1) is 8.20. The number of hydrogen-bond acceptors (Lipinski definition) is 4. The van der Waals surface area contributed by atoms with Crippen LogP contribution in [0.2, 0.25) is 0 Å². The fraction of sp³-hybridized carbons (Fsp3) is 0.857. The molecule has 0 rings (SSSR count). The van der Waals surface area contributed by atoms with Crippen LogP contribution in [0.25, 0.3) is 0 Å². The van der Waals surface area contributed by atoms with Gasteiger partial charge in [-0.15, -0.1) is 0 Å². The van der Waals surface area contributed by atoms with Gasteiger partial charge in [-0.2, -0.15) is 0 Å². The maximum absolute atomic E-state index is 11.3. The molecule has 0 fully saturated rings. The second kappa shape index (κ2) is 8.79. The SMILES string of the molecule is CCCCCCCC(C(=O)[O-])(C(=O)[O-])C(C)(C)C.[Mg+2]. The van der Waals surface area contributed by atoms with Crippen molar-refractivity contribution < 1.29 is 19.8 Å². The molecule has 0 amide bonds. The van der Waals surface area contributed by atoms with Crippen LogP contribution in [0.4, 0.5) is 0 Å². The zero-order chi connectivity index (χ0) is 14.4. The molecule has 0 heterocycles. The maximum Gasteiger partial charge on any atom is 2.00 e. The molecule has 106 valence electrons. The molecule has 0 radical (unpaired) electrons. The summed E-state index contributed by atoms with van der Waals surface area (Å²) in [5.41, 5.74) is -2.82. The largest absolute Gasteiger partial charge is 2.00 e. The molecule has 5 heteroatoms. The third-order valence-electron chi connectivity index (χ3n) is 3.63. The third-order valence-corrected chi connectivity index (χ3v) is 3.63. The van der Waals surface area contributed by atoms with Gasteiger partial charge in [0.25, 0.3) is 0 Å². The minimum Gasteiger partial charge on any atom is -0.549 e. The predicted octanol–water partition coefficient (Wildman–Crippen LogP) is 0.498. The van der Waals surface area contributed by atoms with E-state index in [1.54, 1.807) is 20.8 Å². The predicted molar refractivity (Wildman–Crippen MR) is 71.0 cm³/mol. The number of hydrogen-bond donors (Lipinski definition) is 0. The van der Waals surface area contributed by atoms with Crippen molar-refractivity contribution in [2.45, 2.75) is 66.2 Å². The summed E-state index contributed by atoms with van der Waals surface area (Å²) in [6.45, 7) is 6.89. The van der Waals surface area contributed by atoms with Gasteiger partial charge in [0.15, 0.2) is 0 Å². The van der Waals surface area contributed by atoms with Crippen molar-refractivity contribution in [3.63, 3.8) is 0 Å². The molecule has 0 unspecified atom stereocenters. The number of carbonyl (C=O) groups excluding carboxylic acids is 2. The molecule has 0 saturated heterocycles. The van der Waals surface area contributed by atoms with E-state index in [2.05, 4.69) is 6.92 Å². The van der Waals surface area contributed by atoms with Crippen LogP contribution >= 0.6 is 0 Å². The molecule has 19 heavy (non-hydrogen) atoms. The zero-order valence-corrected chi connectivity index (χ0v) is 14.0. The molecule has 0 N–H and O–H groups in total. The monoisotopic (exact) mass is 280 g/mol. The second-order valence-electron chi connectivity index (χ2n) is 5.89. The smallest absolute Gasteiger partial charge is 0.549 e. The van der Waals surface area contributed by atoms with Gasteiger partial charge < -0.3 is 19.8 Å². The summed E-state index contributed by atoms with van der Waals surface area (Å²) in [5, 5.41) is 22.6. The van der Waals surface area contributed by atoms with Crippen molar-refractivity contribution in [3.8, 4) is 0 Å². The quantitative estimate of drug-likeness (QED) is 0.368. The molecular formula is C14H24MgO4. The van der Waals surface area contributed by atoms with E-state index in [1.807, 2.05) is 0 Å². The van der Waals surface area contributed by atoms with Crippen LogP contribution < -0.4 is 10.2 Å². The minimum absolute atomic E-state index is 0. The van der Waals surface area contributed by atoms with Crippen molar-refractivity contribution in [1.82, 2.24) is 0 Å². The fourth-order valence-corrected chi connectivity index (χ4v) is 2.27. The Morgan fingerprint density at radius 1 is 0.895 bits per heavy atom. The van der Waals surface area contributed by atoms with Crippen LogP contribution in [0.5, 0.6) is 0 Å². The average molecular weight is 281 g/mol. The Morgan fingerprint density at radius 3 is 1.63 bits per heavy atom. The number of rotatable bonds is 8. The van der Waals surface area contributed by atoms with Gasteiger partial charge in [-0.25, -0.2) is 0 Å². The van der Waals surface area contributed by atoms with E-state index < -0.39 is 22.8 Å². The minimum atomic E-state index is -1.90. The van der Waals surface area contributed by atoms with Gasteiger partial charge in [-0.3, -0.25) is 0 Å². The third kappa shape index (κ3) is 5.30. The number of carbonyl (C=O) groups is 2. The Kier molecular flexibility index (Phi) is 9.72. The first-order valence-electron chi connectivity index (χ1n) is 6.63.